The average Bonchev–Trinajstić information content (AvgIpc) is 2.71. The molecule has 1 atom stereocenters. The number of aliphatic carboxylic acids is 1. The molecule has 0 amide bonds. The topological polar surface area (TPSA) is 79.2 Å². The Labute approximate surface area is 108 Å². The number of aryl methyl sites for hydroxylation is 1. The minimum atomic E-state index is -0.854. The van der Waals surface area contributed by atoms with Gasteiger partial charge in [0, 0.05) is 7.05 Å². The van der Waals surface area contributed by atoms with Crippen LogP contribution in [0.25, 0.3) is 10.2 Å². The van der Waals surface area contributed by atoms with Crippen LogP contribution in [0.4, 0.5) is 5.82 Å². The maximum absolute atomic E-state index is 11.2. The molecule has 0 fully saturated rings. The molecular weight excluding hydrogens is 252 g/mol. The number of anilines is 1. The minimum Gasteiger partial charge on any atom is -0.480 e. The SMILES string of the molecule is CCC(C(=O)O)N(C)c1ncnc2snc(C)c12. The molecule has 0 bridgehead atoms. The standard InChI is InChI=1S/C11H14N4O2S/c1-4-7(11(16)17)15(3)9-8-6(2)14-18-10(8)13-5-12-9/h5,7H,4H2,1-3H3,(H,16,17). The molecule has 2 aromatic rings. The third-order valence-electron chi connectivity index (χ3n) is 2.90. The second-order valence-electron chi connectivity index (χ2n) is 4.02. The van der Waals surface area contributed by atoms with Crippen molar-refractivity contribution in [3.63, 3.8) is 0 Å². The summed E-state index contributed by atoms with van der Waals surface area (Å²) in [6.45, 7) is 3.72. The van der Waals surface area contributed by atoms with Gasteiger partial charge in [0.15, 0.2) is 0 Å². The summed E-state index contributed by atoms with van der Waals surface area (Å²) >= 11 is 1.30. The van der Waals surface area contributed by atoms with E-state index in [9.17, 15) is 9.90 Å². The van der Waals surface area contributed by atoms with Crippen LogP contribution in [0.1, 0.15) is 19.0 Å². The summed E-state index contributed by atoms with van der Waals surface area (Å²) < 4.78 is 4.23. The van der Waals surface area contributed by atoms with Gasteiger partial charge in [0.2, 0.25) is 0 Å². The molecule has 1 unspecified atom stereocenters. The second kappa shape index (κ2) is 4.85. The normalized spacial score (nSPS) is 12.6. The molecule has 2 heterocycles. The molecule has 96 valence electrons. The van der Waals surface area contributed by atoms with Crippen molar-refractivity contribution in [2.75, 3.05) is 11.9 Å². The number of hydrogen-bond acceptors (Lipinski definition) is 6. The lowest BCUT2D eigenvalue weighted by atomic mass is 10.2. The molecule has 6 nitrogen and oxygen atoms in total. The number of fused-ring (bicyclic) bond motifs is 1. The van der Waals surface area contributed by atoms with Crippen LogP contribution in [-0.2, 0) is 4.79 Å². The maximum Gasteiger partial charge on any atom is 0.326 e. The van der Waals surface area contributed by atoms with Crippen LogP contribution in [-0.4, -0.2) is 38.5 Å². The largest absolute Gasteiger partial charge is 0.480 e. The molecule has 0 aliphatic heterocycles. The van der Waals surface area contributed by atoms with Crippen molar-refractivity contribution in [2.24, 2.45) is 0 Å². The first-order valence-corrected chi connectivity index (χ1v) is 6.36. The fourth-order valence-corrected chi connectivity index (χ4v) is 2.67. The van der Waals surface area contributed by atoms with Gasteiger partial charge in [-0.05, 0) is 24.9 Å². The van der Waals surface area contributed by atoms with Gasteiger partial charge in [0.1, 0.15) is 23.0 Å². The molecular formula is C11H14N4O2S. The highest BCUT2D eigenvalue weighted by Gasteiger charge is 2.24. The van der Waals surface area contributed by atoms with Crippen LogP contribution in [0.2, 0.25) is 0 Å². The third-order valence-corrected chi connectivity index (χ3v) is 3.74. The van der Waals surface area contributed by atoms with E-state index >= 15 is 0 Å². The summed E-state index contributed by atoms with van der Waals surface area (Å²) in [4.78, 5) is 22.0. The Morgan fingerprint density at radius 2 is 2.28 bits per heavy atom. The second-order valence-corrected chi connectivity index (χ2v) is 4.77. The summed E-state index contributed by atoms with van der Waals surface area (Å²) in [5.74, 6) is -0.229. The Morgan fingerprint density at radius 1 is 1.56 bits per heavy atom. The number of carboxylic acids is 1. The highest BCUT2D eigenvalue weighted by molar-refractivity contribution is 7.13. The van der Waals surface area contributed by atoms with Gasteiger partial charge < -0.3 is 10.0 Å². The van der Waals surface area contributed by atoms with E-state index in [0.717, 1.165) is 15.9 Å². The van der Waals surface area contributed by atoms with Gasteiger partial charge in [-0.1, -0.05) is 6.92 Å². The Morgan fingerprint density at radius 3 is 2.89 bits per heavy atom. The molecule has 0 radical (unpaired) electrons. The first-order chi connectivity index (χ1) is 8.56. The summed E-state index contributed by atoms with van der Waals surface area (Å²) in [5, 5.41) is 10.0. The Bertz CT molecular complexity index is 583. The van der Waals surface area contributed by atoms with Gasteiger partial charge in [0.05, 0.1) is 11.1 Å². The Hall–Kier alpha value is -1.76. The number of likely N-dealkylation sites (N-methyl/N-ethyl adjacent to an activating group) is 1. The van der Waals surface area contributed by atoms with Crippen LogP contribution in [0.15, 0.2) is 6.33 Å². The van der Waals surface area contributed by atoms with Crippen molar-refractivity contribution in [1.29, 1.82) is 0 Å². The predicted molar refractivity (Wildman–Crippen MR) is 70.1 cm³/mol. The van der Waals surface area contributed by atoms with Crippen LogP contribution in [0.3, 0.4) is 0 Å². The van der Waals surface area contributed by atoms with E-state index < -0.39 is 12.0 Å². The van der Waals surface area contributed by atoms with Crippen molar-refractivity contribution < 1.29 is 9.90 Å². The number of carboxylic acid groups (broad SMARTS) is 1. The summed E-state index contributed by atoms with van der Waals surface area (Å²) in [6, 6.07) is -0.595. The lowest BCUT2D eigenvalue weighted by Gasteiger charge is -2.25. The zero-order valence-electron chi connectivity index (χ0n) is 10.4. The van der Waals surface area contributed by atoms with Crippen molar-refractivity contribution in [2.45, 2.75) is 26.3 Å². The number of rotatable bonds is 4. The molecule has 2 aromatic heterocycles. The first kappa shape index (κ1) is 12.7. The molecule has 18 heavy (non-hydrogen) atoms. The van der Waals surface area contributed by atoms with Gasteiger partial charge in [-0.25, -0.2) is 14.8 Å². The van der Waals surface area contributed by atoms with Crippen molar-refractivity contribution in [3.05, 3.63) is 12.0 Å². The Balaban J connectivity index is 2.53. The van der Waals surface area contributed by atoms with Crippen molar-refractivity contribution >= 4 is 33.5 Å². The van der Waals surface area contributed by atoms with Crippen LogP contribution in [0, 0.1) is 6.92 Å². The zero-order chi connectivity index (χ0) is 13.3. The van der Waals surface area contributed by atoms with Gasteiger partial charge in [-0.15, -0.1) is 0 Å². The number of aromatic nitrogens is 3. The molecule has 0 spiro atoms. The van der Waals surface area contributed by atoms with Crippen molar-refractivity contribution in [3.8, 4) is 0 Å². The van der Waals surface area contributed by atoms with E-state index in [-0.39, 0.29) is 0 Å². The highest BCUT2D eigenvalue weighted by Crippen LogP contribution is 2.29. The molecule has 0 aliphatic rings. The average molecular weight is 266 g/mol. The van der Waals surface area contributed by atoms with Gasteiger partial charge in [-0.3, -0.25) is 0 Å². The lowest BCUT2D eigenvalue weighted by Crippen LogP contribution is -2.38. The van der Waals surface area contributed by atoms with Crippen LogP contribution < -0.4 is 4.90 Å². The van der Waals surface area contributed by atoms with Crippen molar-refractivity contribution in [1.82, 2.24) is 14.3 Å². The first-order valence-electron chi connectivity index (χ1n) is 5.58. The molecule has 7 heteroatoms. The lowest BCUT2D eigenvalue weighted by molar-refractivity contribution is -0.138. The van der Waals surface area contributed by atoms with Gasteiger partial charge >= 0.3 is 5.97 Å². The summed E-state index contributed by atoms with van der Waals surface area (Å²) in [7, 11) is 1.74. The predicted octanol–water partition coefficient (Wildman–Crippen LogP) is 1.69. The third kappa shape index (κ3) is 2.01. The van der Waals surface area contributed by atoms with Gasteiger partial charge in [-0.2, -0.15) is 4.37 Å². The number of hydrogen-bond donors (Lipinski definition) is 1. The van der Waals surface area contributed by atoms with E-state index in [0.29, 0.717) is 12.2 Å². The maximum atomic E-state index is 11.2. The minimum absolute atomic E-state index is 0.508. The van der Waals surface area contributed by atoms with E-state index in [4.69, 9.17) is 0 Å². The van der Waals surface area contributed by atoms with Crippen LogP contribution >= 0.6 is 11.5 Å². The molecule has 2 rings (SSSR count). The van der Waals surface area contributed by atoms with Gasteiger partial charge in [0.25, 0.3) is 0 Å². The number of nitrogens with zero attached hydrogens (tertiary/aromatic N) is 4. The molecule has 0 saturated carbocycles. The number of carbonyl (C=O) groups is 1. The molecule has 0 saturated heterocycles. The monoisotopic (exact) mass is 266 g/mol. The smallest absolute Gasteiger partial charge is 0.326 e. The zero-order valence-corrected chi connectivity index (χ0v) is 11.2. The van der Waals surface area contributed by atoms with E-state index in [1.165, 1.54) is 17.9 Å². The fraction of sp³-hybridized carbons (Fsp3) is 0.455. The highest BCUT2D eigenvalue weighted by atomic mass is 32.1. The quantitative estimate of drug-likeness (QED) is 0.907. The summed E-state index contributed by atoms with van der Waals surface area (Å²) in [5.41, 5.74) is 0.831. The van der Waals surface area contributed by atoms with E-state index in [1.807, 2.05) is 13.8 Å². The van der Waals surface area contributed by atoms with E-state index in [2.05, 4.69) is 14.3 Å². The fourth-order valence-electron chi connectivity index (χ4n) is 1.93. The molecule has 1 N–H and O–H groups in total. The van der Waals surface area contributed by atoms with E-state index in [1.54, 1.807) is 11.9 Å². The van der Waals surface area contributed by atoms with Crippen LogP contribution in [0.5, 0.6) is 0 Å². The Kier molecular flexibility index (Phi) is 3.42. The molecule has 0 aliphatic carbocycles. The summed E-state index contributed by atoms with van der Waals surface area (Å²) in [6.07, 6.45) is 1.95. The molecule has 0 aromatic carbocycles.